The van der Waals surface area contributed by atoms with Crippen molar-refractivity contribution in [3.8, 4) is 44.8 Å². The number of hydrogen-bond donors (Lipinski definition) is 0. The molecule has 0 aliphatic heterocycles. The Morgan fingerprint density at radius 3 is 2.04 bits per heavy atom. The molecule has 0 saturated heterocycles. The SMILES string of the molecule is CCCC1C2C(C3CCC(c4ccc(-c5ccc(-c6ccncn6)cc5)c(-c5ccc(-c6ccncn6)cc5C)c4)C3)CCCC[C@H]2C(C)(C)C1CC. The first-order valence-electron chi connectivity index (χ1n) is 20.8. The molecule has 2 heterocycles. The van der Waals surface area contributed by atoms with E-state index in [1.807, 2.05) is 24.5 Å². The third-order valence-electron chi connectivity index (χ3n) is 14.3. The Kier molecular flexibility index (Phi) is 10.3. The summed E-state index contributed by atoms with van der Waals surface area (Å²) < 4.78 is 0. The molecule has 0 N–H and O–H groups in total. The molecule has 4 nitrogen and oxygen atoms in total. The summed E-state index contributed by atoms with van der Waals surface area (Å²) in [6.07, 6.45) is 20.8. The van der Waals surface area contributed by atoms with Gasteiger partial charge in [0.1, 0.15) is 12.7 Å². The normalized spacial score (nSPS) is 26.6. The zero-order valence-electron chi connectivity index (χ0n) is 32.6. The Morgan fingerprint density at radius 2 is 1.36 bits per heavy atom. The standard InChI is InChI=1S/C49H58N4/c1-6-10-42-44(7-2)49(4,5)45-12-9-8-11-41(48(42)45)37-18-17-35(28-37)36-19-22-40(33-13-15-34(16-14-33)46-23-25-50-30-52-46)43(29-36)39-21-20-38(27-32(39)3)47-24-26-51-31-53-47/h13-16,19-27,29-31,35,37,41-42,44-45,48H,6-12,17-18,28H2,1-5H3/t35?,37?,41?,42?,44?,45-,48?/m1/s1. The number of rotatable bonds is 9. The maximum atomic E-state index is 4.54. The van der Waals surface area contributed by atoms with Gasteiger partial charge in [0.05, 0.1) is 11.4 Å². The van der Waals surface area contributed by atoms with E-state index in [0.717, 1.165) is 58.0 Å². The van der Waals surface area contributed by atoms with Crippen LogP contribution in [-0.4, -0.2) is 19.9 Å². The highest BCUT2D eigenvalue weighted by Gasteiger charge is 2.57. The average Bonchev–Trinajstić information content (AvgIpc) is 3.67. The van der Waals surface area contributed by atoms with Crippen LogP contribution in [0.15, 0.2) is 97.8 Å². The average molecular weight is 703 g/mol. The minimum Gasteiger partial charge on any atom is -0.245 e. The first-order chi connectivity index (χ1) is 25.9. The van der Waals surface area contributed by atoms with Gasteiger partial charge < -0.3 is 0 Å². The van der Waals surface area contributed by atoms with Crippen LogP contribution in [0.3, 0.4) is 0 Å². The Bertz CT molecular complexity index is 1990. The van der Waals surface area contributed by atoms with Gasteiger partial charge >= 0.3 is 0 Å². The molecule has 0 radical (unpaired) electrons. The summed E-state index contributed by atoms with van der Waals surface area (Å²) in [5, 5.41) is 0. The van der Waals surface area contributed by atoms with E-state index in [2.05, 4.69) is 115 Å². The molecule has 3 aliphatic rings. The van der Waals surface area contributed by atoms with Crippen LogP contribution in [0, 0.1) is 47.8 Å². The second-order valence-electron chi connectivity index (χ2n) is 17.3. The van der Waals surface area contributed by atoms with Crippen molar-refractivity contribution in [1.82, 2.24) is 19.9 Å². The Labute approximate surface area is 318 Å². The van der Waals surface area contributed by atoms with Gasteiger partial charge in [-0.1, -0.05) is 114 Å². The van der Waals surface area contributed by atoms with Crippen molar-refractivity contribution in [3.63, 3.8) is 0 Å². The summed E-state index contributed by atoms with van der Waals surface area (Å²) >= 11 is 0. The van der Waals surface area contributed by atoms with Crippen molar-refractivity contribution in [2.45, 2.75) is 105 Å². The molecule has 7 atom stereocenters. The number of aromatic nitrogens is 4. The third-order valence-corrected chi connectivity index (χ3v) is 14.3. The summed E-state index contributed by atoms with van der Waals surface area (Å²) in [5.41, 5.74) is 12.5. The zero-order valence-corrected chi connectivity index (χ0v) is 32.6. The number of aryl methyl sites for hydroxylation is 1. The lowest BCUT2D eigenvalue weighted by molar-refractivity contribution is 0.114. The van der Waals surface area contributed by atoms with Crippen LogP contribution >= 0.6 is 0 Å². The van der Waals surface area contributed by atoms with E-state index in [0.29, 0.717) is 11.3 Å². The van der Waals surface area contributed by atoms with Crippen LogP contribution in [0.2, 0.25) is 0 Å². The van der Waals surface area contributed by atoms with E-state index in [9.17, 15) is 0 Å². The van der Waals surface area contributed by atoms with Crippen LogP contribution in [-0.2, 0) is 0 Å². The van der Waals surface area contributed by atoms with E-state index in [1.165, 1.54) is 97.6 Å². The number of nitrogens with zero attached hydrogens (tertiary/aromatic N) is 4. The van der Waals surface area contributed by atoms with Crippen molar-refractivity contribution < 1.29 is 0 Å². The fraction of sp³-hybridized carbons (Fsp3) is 0.469. The van der Waals surface area contributed by atoms with Gasteiger partial charge in [0.15, 0.2) is 0 Å². The molecule has 6 unspecified atom stereocenters. The predicted molar refractivity (Wildman–Crippen MR) is 219 cm³/mol. The van der Waals surface area contributed by atoms with Gasteiger partial charge in [-0.3, -0.25) is 0 Å². The Morgan fingerprint density at radius 1 is 0.679 bits per heavy atom. The minimum atomic E-state index is 0.471. The van der Waals surface area contributed by atoms with Crippen molar-refractivity contribution in [2.75, 3.05) is 0 Å². The maximum absolute atomic E-state index is 4.54. The Hall–Kier alpha value is -4.18. The molecule has 3 fully saturated rings. The Balaban J connectivity index is 1.13. The molecule has 0 amide bonds. The fourth-order valence-corrected chi connectivity index (χ4v) is 12.0. The monoisotopic (exact) mass is 702 g/mol. The van der Waals surface area contributed by atoms with Crippen molar-refractivity contribution in [1.29, 1.82) is 0 Å². The van der Waals surface area contributed by atoms with Gasteiger partial charge in [0.2, 0.25) is 0 Å². The van der Waals surface area contributed by atoms with Crippen LogP contribution in [0.25, 0.3) is 44.8 Å². The summed E-state index contributed by atoms with van der Waals surface area (Å²) in [6, 6.07) is 27.2. The van der Waals surface area contributed by atoms with E-state index in [4.69, 9.17) is 0 Å². The molecule has 3 aliphatic carbocycles. The van der Waals surface area contributed by atoms with Gasteiger partial charge in [-0.2, -0.15) is 0 Å². The number of fused-ring (bicyclic) bond motifs is 1. The maximum Gasteiger partial charge on any atom is 0.116 e. The molecular weight excluding hydrogens is 645 g/mol. The summed E-state index contributed by atoms with van der Waals surface area (Å²) in [6.45, 7) is 12.5. The zero-order chi connectivity index (χ0) is 36.5. The molecule has 0 spiro atoms. The molecule has 2 aromatic heterocycles. The van der Waals surface area contributed by atoms with Crippen LogP contribution in [0.1, 0.15) is 109 Å². The molecule has 5 aromatic rings. The highest BCUT2D eigenvalue weighted by atomic mass is 14.8. The lowest BCUT2D eigenvalue weighted by Crippen LogP contribution is -2.31. The second-order valence-corrected chi connectivity index (χ2v) is 17.3. The first kappa shape index (κ1) is 35.8. The first-order valence-corrected chi connectivity index (χ1v) is 20.8. The lowest BCUT2D eigenvalue weighted by atomic mass is 9.68. The van der Waals surface area contributed by atoms with Crippen molar-refractivity contribution in [3.05, 3.63) is 109 Å². The minimum absolute atomic E-state index is 0.471. The fourth-order valence-electron chi connectivity index (χ4n) is 12.0. The van der Waals surface area contributed by atoms with Crippen LogP contribution in [0.4, 0.5) is 0 Å². The van der Waals surface area contributed by atoms with Crippen molar-refractivity contribution in [2.24, 2.45) is 40.9 Å². The highest BCUT2D eigenvalue weighted by Crippen LogP contribution is 2.64. The smallest absolute Gasteiger partial charge is 0.116 e. The summed E-state index contributed by atoms with van der Waals surface area (Å²) in [5.74, 6) is 5.97. The molecule has 3 aromatic carbocycles. The van der Waals surface area contributed by atoms with E-state index < -0.39 is 0 Å². The lowest BCUT2D eigenvalue weighted by Gasteiger charge is -2.37. The van der Waals surface area contributed by atoms with Gasteiger partial charge in [-0.15, -0.1) is 0 Å². The molecule has 0 bridgehead atoms. The van der Waals surface area contributed by atoms with Gasteiger partial charge in [0.25, 0.3) is 0 Å². The largest absolute Gasteiger partial charge is 0.245 e. The summed E-state index contributed by atoms with van der Waals surface area (Å²) in [7, 11) is 0. The topological polar surface area (TPSA) is 51.6 Å². The predicted octanol–water partition coefficient (Wildman–Crippen LogP) is 13.0. The molecule has 3 saturated carbocycles. The van der Waals surface area contributed by atoms with E-state index >= 15 is 0 Å². The molecule has 8 rings (SSSR count). The van der Waals surface area contributed by atoms with Crippen molar-refractivity contribution >= 4 is 0 Å². The summed E-state index contributed by atoms with van der Waals surface area (Å²) in [4.78, 5) is 17.3. The van der Waals surface area contributed by atoms with Gasteiger partial charge in [0, 0.05) is 23.5 Å². The quantitative estimate of drug-likeness (QED) is 0.153. The van der Waals surface area contributed by atoms with Crippen LogP contribution in [0.5, 0.6) is 0 Å². The highest BCUT2D eigenvalue weighted by molar-refractivity contribution is 5.87. The van der Waals surface area contributed by atoms with E-state index in [-0.39, 0.29) is 0 Å². The third kappa shape index (κ3) is 6.88. The number of hydrogen-bond acceptors (Lipinski definition) is 4. The van der Waals surface area contributed by atoms with E-state index in [1.54, 1.807) is 12.7 Å². The molecule has 4 heteroatoms. The molecule has 274 valence electrons. The van der Waals surface area contributed by atoms with Crippen LogP contribution < -0.4 is 0 Å². The second kappa shape index (κ2) is 15.3. The van der Waals surface area contributed by atoms with Gasteiger partial charge in [-0.05, 0) is 137 Å². The number of benzene rings is 3. The molecular formula is C49H58N4. The molecule has 53 heavy (non-hydrogen) atoms. The van der Waals surface area contributed by atoms with Gasteiger partial charge in [-0.25, -0.2) is 19.9 Å².